The molecular formula is C19H18N2O3. The van der Waals surface area contributed by atoms with Crippen molar-refractivity contribution >= 4 is 16.6 Å². The van der Waals surface area contributed by atoms with Gasteiger partial charge in [-0.25, -0.2) is 0 Å². The van der Waals surface area contributed by atoms with Gasteiger partial charge in [0, 0.05) is 28.3 Å². The SMILES string of the molecule is COc1cc(/C(C)=N/O)cc(-c2cnc3ccccc3c2)c1OC. The van der Waals surface area contributed by atoms with Crippen LogP contribution in [0.1, 0.15) is 12.5 Å². The first kappa shape index (κ1) is 15.8. The van der Waals surface area contributed by atoms with E-state index in [1.165, 1.54) is 0 Å². The highest BCUT2D eigenvalue weighted by molar-refractivity contribution is 6.00. The largest absolute Gasteiger partial charge is 0.493 e. The summed E-state index contributed by atoms with van der Waals surface area (Å²) in [7, 11) is 3.18. The summed E-state index contributed by atoms with van der Waals surface area (Å²) in [5, 5.41) is 13.4. The molecule has 0 amide bonds. The Balaban J connectivity index is 2.26. The van der Waals surface area contributed by atoms with Gasteiger partial charge >= 0.3 is 0 Å². The number of benzene rings is 2. The maximum Gasteiger partial charge on any atom is 0.168 e. The Morgan fingerprint density at radius 3 is 2.58 bits per heavy atom. The molecule has 1 N–H and O–H groups in total. The molecule has 1 aromatic heterocycles. The Hall–Kier alpha value is -3.08. The molecule has 5 nitrogen and oxygen atoms in total. The van der Waals surface area contributed by atoms with Gasteiger partial charge in [0.15, 0.2) is 11.5 Å². The molecule has 5 heteroatoms. The first-order chi connectivity index (χ1) is 11.7. The van der Waals surface area contributed by atoms with Crippen molar-refractivity contribution in [2.45, 2.75) is 6.92 Å². The molecule has 0 aliphatic rings. The zero-order chi connectivity index (χ0) is 17.1. The Labute approximate surface area is 140 Å². The number of nitrogens with zero attached hydrogens (tertiary/aromatic N) is 2. The summed E-state index contributed by atoms with van der Waals surface area (Å²) in [6.45, 7) is 1.73. The van der Waals surface area contributed by atoms with Crippen LogP contribution in [0.2, 0.25) is 0 Å². The van der Waals surface area contributed by atoms with Crippen LogP contribution in [0.4, 0.5) is 0 Å². The Morgan fingerprint density at radius 2 is 1.88 bits per heavy atom. The van der Waals surface area contributed by atoms with Crippen LogP contribution in [0.15, 0.2) is 53.8 Å². The van der Waals surface area contributed by atoms with Crippen LogP contribution in [0.3, 0.4) is 0 Å². The van der Waals surface area contributed by atoms with Crippen LogP contribution in [0.25, 0.3) is 22.0 Å². The van der Waals surface area contributed by atoms with E-state index in [0.29, 0.717) is 17.2 Å². The maximum absolute atomic E-state index is 9.08. The summed E-state index contributed by atoms with van der Waals surface area (Å²) in [4.78, 5) is 4.51. The first-order valence-electron chi connectivity index (χ1n) is 7.48. The van der Waals surface area contributed by atoms with Crippen molar-refractivity contribution in [1.82, 2.24) is 4.98 Å². The molecule has 3 rings (SSSR count). The number of aromatic nitrogens is 1. The maximum atomic E-state index is 9.08. The number of fused-ring (bicyclic) bond motifs is 1. The third-order valence-electron chi connectivity index (χ3n) is 3.95. The molecule has 0 radical (unpaired) electrons. The monoisotopic (exact) mass is 322 g/mol. The molecule has 0 saturated carbocycles. The number of ether oxygens (including phenoxy) is 2. The minimum Gasteiger partial charge on any atom is -0.493 e. The van der Waals surface area contributed by atoms with Gasteiger partial charge in [-0.2, -0.15) is 0 Å². The number of hydrogen-bond donors (Lipinski definition) is 1. The van der Waals surface area contributed by atoms with Crippen molar-refractivity contribution in [2.24, 2.45) is 5.16 Å². The summed E-state index contributed by atoms with van der Waals surface area (Å²) < 4.78 is 11.0. The molecule has 0 aliphatic carbocycles. The Morgan fingerprint density at radius 1 is 1.08 bits per heavy atom. The zero-order valence-electron chi connectivity index (χ0n) is 13.8. The fraction of sp³-hybridized carbons (Fsp3) is 0.158. The summed E-state index contributed by atoms with van der Waals surface area (Å²) >= 11 is 0. The second-order valence-corrected chi connectivity index (χ2v) is 5.36. The van der Waals surface area contributed by atoms with Gasteiger partial charge in [-0.1, -0.05) is 23.4 Å². The lowest BCUT2D eigenvalue weighted by Gasteiger charge is -2.15. The Kier molecular flexibility index (Phi) is 4.33. The summed E-state index contributed by atoms with van der Waals surface area (Å²) in [5.74, 6) is 1.19. The molecule has 0 atom stereocenters. The topological polar surface area (TPSA) is 63.9 Å². The fourth-order valence-corrected chi connectivity index (χ4v) is 2.66. The number of hydrogen-bond acceptors (Lipinski definition) is 5. The van der Waals surface area contributed by atoms with Gasteiger partial charge in [0.2, 0.25) is 0 Å². The van der Waals surface area contributed by atoms with E-state index in [-0.39, 0.29) is 0 Å². The Bertz CT molecular complexity index is 920. The molecule has 0 aliphatic heterocycles. The standard InChI is InChI=1S/C19H18N2O3/c1-12(21-22)14-9-16(19(24-3)18(10-14)23-2)15-8-13-6-4-5-7-17(13)20-11-15/h4-11,22H,1-3H3/b21-12+. The van der Waals surface area contributed by atoms with Gasteiger partial charge in [-0.05, 0) is 31.2 Å². The van der Waals surface area contributed by atoms with Gasteiger partial charge in [0.25, 0.3) is 0 Å². The number of oxime groups is 1. The molecular weight excluding hydrogens is 304 g/mol. The van der Waals surface area contributed by atoms with Crippen molar-refractivity contribution in [1.29, 1.82) is 0 Å². The molecule has 24 heavy (non-hydrogen) atoms. The van der Waals surface area contributed by atoms with Crippen molar-refractivity contribution in [2.75, 3.05) is 14.2 Å². The van der Waals surface area contributed by atoms with Crippen LogP contribution in [-0.2, 0) is 0 Å². The molecule has 1 heterocycles. The van der Waals surface area contributed by atoms with Gasteiger partial charge in [-0.3, -0.25) is 4.98 Å². The minimum atomic E-state index is 0.492. The van der Waals surface area contributed by atoms with E-state index in [1.54, 1.807) is 33.4 Å². The van der Waals surface area contributed by atoms with E-state index in [2.05, 4.69) is 16.2 Å². The average Bonchev–Trinajstić information content (AvgIpc) is 2.65. The second-order valence-electron chi connectivity index (χ2n) is 5.36. The summed E-state index contributed by atoms with van der Waals surface area (Å²) in [6.07, 6.45) is 1.80. The predicted octanol–water partition coefficient (Wildman–Crippen LogP) is 4.12. The van der Waals surface area contributed by atoms with E-state index in [4.69, 9.17) is 14.7 Å². The zero-order valence-corrected chi connectivity index (χ0v) is 13.8. The van der Waals surface area contributed by atoms with Gasteiger partial charge < -0.3 is 14.7 Å². The van der Waals surface area contributed by atoms with Gasteiger partial charge in [0.1, 0.15) is 0 Å². The van der Waals surface area contributed by atoms with E-state index < -0.39 is 0 Å². The molecule has 2 aromatic carbocycles. The van der Waals surface area contributed by atoms with Crippen LogP contribution in [-0.4, -0.2) is 30.1 Å². The lowest BCUT2D eigenvalue weighted by Crippen LogP contribution is -2.00. The number of pyridine rings is 1. The molecule has 3 aromatic rings. The van der Waals surface area contributed by atoms with Crippen LogP contribution < -0.4 is 9.47 Å². The molecule has 0 saturated heterocycles. The van der Waals surface area contributed by atoms with Crippen molar-refractivity contribution in [3.05, 3.63) is 54.2 Å². The van der Waals surface area contributed by atoms with Gasteiger partial charge in [-0.15, -0.1) is 0 Å². The van der Waals surface area contributed by atoms with Crippen LogP contribution in [0, 0.1) is 0 Å². The van der Waals surface area contributed by atoms with Crippen LogP contribution >= 0.6 is 0 Å². The molecule has 0 fully saturated rings. The van der Waals surface area contributed by atoms with E-state index in [1.807, 2.05) is 30.3 Å². The smallest absolute Gasteiger partial charge is 0.168 e. The van der Waals surface area contributed by atoms with E-state index in [9.17, 15) is 0 Å². The highest BCUT2D eigenvalue weighted by Crippen LogP contribution is 2.39. The lowest BCUT2D eigenvalue weighted by atomic mass is 9.99. The van der Waals surface area contributed by atoms with Crippen LogP contribution in [0.5, 0.6) is 11.5 Å². The van der Waals surface area contributed by atoms with Gasteiger partial charge in [0.05, 0.1) is 25.4 Å². The van der Waals surface area contributed by atoms with E-state index >= 15 is 0 Å². The highest BCUT2D eigenvalue weighted by Gasteiger charge is 2.16. The number of rotatable bonds is 4. The molecule has 122 valence electrons. The third kappa shape index (κ3) is 2.76. The molecule has 0 spiro atoms. The second kappa shape index (κ2) is 6.58. The molecule has 0 unspecified atom stereocenters. The lowest BCUT2D eigenvalue weighted by molar-refractivity contribution is 0.319. The first-order valence-corrected chi connectivity index (χ1v) is 7.48. The predicted molar refractivity (Wildman–Crippen MR) is 94.3 cm³/mol. The number of methoxy groups -OCH3 is 2. The van der Waals surface area contributed by atoms with Crippen molar-refractivity contribution in [3.63, 3.8) is 0 Å². The quantitative estimate of drug-likeness (QED) is 0.446. The summed E-state index contributed by atoms with van der Waals surface area (Å²) in [6, 6.07) is 13.7. The molecule has 0 bridgehead atoms. The minimum absolute atomic E-state index is 0.492. The normalized spacial score (nSPS) is 11.5. The fourth-order valence-electron chi connectivity index (χ4n) is 2.66. The van der Waals surface area contributed by atoms with E-state index in [0.717, 1.165) is 27.6 Å². The third-order valence-corrected chi connectivity index (χ3v) is 3.95. The summed E-state index contributed by atoms with van der Waals surface area (Å²) in [5.41, 5.74) is 3.89. The van der Waals surface area contributed by atoms with Crippen molar-refractivity contribution in [3.8, 4) is 22.6 Å². The number of para-hydroxylation sites is 1. The average molecular weight is 322 g/mol. The van der Waals surface area contributed by atoms with Crippen molar-refractivity contribution < 1.29 is 14.7 Å². The highest BCUT2D eigenvalue weighted by atomic mass is 16.5.